The molecule has 0 saturated carbocycles. The van der Waals surface area contributed by atoms with Gasteiger partial charge in [0.05, 0.1) is 5.75 Å². The average Bonchev–Trinajstić information content (AvgIpc) is 2.29. The number of piperidine rings is 1. The van der Waals surface area contributed by atoms with Crippen molar-refractivity contribution >= 4 is 31.3 Å². The van der Waals surface area contributed by atoms with Crippen LogP contribution in [0.3, 0.4) is 0 Å². The molecule has 2 rings (SSSR count). The summed E-state index contributed by atoms with van der Waals surface area (Å²) in [6.45, 7) is 2.14. The predicted molar refractivity (Wildman–Crippen MR) is 79.4 cm³/mol. The average molecular weight is 322 g/mol. The van der Waals surface area contributed by atoms with E-state index in [2.05, 4.69) is 11.9 Å². The van der Waals surface area contributed by atoms with Crippen LogP contribution in [0.2, 0.25) is 5.02 Å². The minimum atomic E-state index is -3.53. The fourth-order valence-corrected chi connectivity index (χ4v) is 3.82. The van der Waals surface area contributed by atoms with Gasteiger partial charge in [-0.15, -0.1) is 0 Å². The van der Waals surface area contributed by atoms with Crippen LogP contribution in [0.1, 0.15) is 29.9 Å². The van der Waals surface area contributed by atoms with Crippen LogP contribution in [0.4, 0.5) is 0 Å². The molecule has 1 saturated heterocycles. The fourth-order valence-electron chi connectivity index (χ4n) is 2.51. The molecule has 1 fully saturated rings. The summed E-state index contributed by atoms with van der Waals surface area (Å²) in [4.78, 5) is 2.30. The Labute approximate surface area is 123 Å². The lowest BCUT2D eigenvalue weighted by Crippen LogP contribution is -2.29. The number of hydrogen-bond donors (Lipinski definition) is 0. The van der Waals surface area contributed by atoms with Gasteiger partial charge in [0, 0.05) is 15.7 Å². The van der Waals surface area contributed by atoms with E-state index in [1.807, 2.05) is 6.07 Å². The lowest BCUT2D eigenvalue weighted by atomic mass is 9.89. The van der Waals surface area contributed by atoms with E-state index < -0.39 is 9.05 Å². The van der Waals surface area contributed by atoms with Gasteiger partial charge in [-0.3, -0.25) is 0 Å². The van der Waals surface area contributed by atoms with Crippen molar-refractivity contribution in [3.8, 4) is 0 Å². The van der Waals surface area contributed by atoms with E-state index in [9.17, 15) is 8.42 Å². The first-order valence-electron chi connectivity index (χ1n) is 6.24. The monoisotopic (exact) mass is 321 g/mol. The number of halogens is 2. The minimum absolute atomic E-state index is 0.179. The molecule has 1 aromatic carbocycles. The third-order valence-corrected chi connectivity index (χ3v) is 4.90. The highest BCUT2D eigenvalue weighted by atomic mass is 35.7. The van der Waals surface area contributed by atoms with Gasteiger partial charge in [-0.25, -0.2) is 8.42 Å². The van der Waals surface area contributed by atoms with Crippen molar-refractivity contribution in [3.63, 3.8) is 0 Å². The van der Waals surface area contributed by atoms with Crippen LogP contribution < -0.4 is 0 Å². The van der Waals surface area contributed by atoms with Crippen molar-refractivity contribution in [2.75, 3.05) is 20.1 Å². The lowest BCUT2D eigenvalue weighted by Gasteiger charge is -2.29. The molecule has 0 radical (unpaired) electrons. The Bertz CT molecular complexity index is 552. The summed E-state index contributed by atoms with van der Waals surface area (Å²) in [6.07, 6.45) is 2.17. The number of likely N-dealkylation sites (tertiary alicyclic amines) is 1. The van der Waals surface area contributed by atoms with Crippen molar-refractivity contribution in [2.24, 2.45) is 0 Å². The second kappa shape index (κ2) is 6.00. The minimum Gasteiger partial charge on any atom is -0.306 e. The molecule has 0 bridgehead atoms. The summed E-state index contributed by atoms with van der Waals surface area (Å²) in [5.41, 5.74) is 1.75. The molecular weight excluding hydrogens is 305 g/mol. The second-order valence-electron chi connectivity index (χ2n) is 5.12. The van der Waals surface area contributed by atoms with Crippen molar-refractivity contribution in [3.05, 3.63) is 34.3 Å². The van der Waals surface area contributed by atoms with Gasteiger partial charge in [0.15, 0.2) is 0 Å². The van der Waals surface area contributed by atoms with Crippen molar-refractivity contribution in [1.29, 1.82) is 0 Å². The van der Waals surface area contributed by atoms with E-state index >= 15 is 0 Å². The number of nitrogens with zero attached hydrogens (tertiary/aromatic N) is 1. The van der Waals surface area contributed by atoms with Crippen LogP contribution >= 0.6 is 22.3 Å². The molecule has 0 N–H and O–H groups in total. The summed E-state index contributed by atoms with van der Waals surface area (Å²) in [5, 5.41) is 0.646. The SMILES string of the molecule is CN1CCC(c2ccc(CS(=O)(=O)Cl)cc2Cl)CC1. The summed E-state index contributed by atoms with van der Waals surface area (Å²) in [5.74, 6) is 0.285. The second-order valence-corrected chi connectivity index (χ2v) is 8.30. The van der Waals surface area contributed by atoms with Crippen LogP contribution in [0, 0.1) is 0 Å². The molecule has 0 aromatic heterocycles. The van der Waals surface area contributed by atoms with E-state index in [0.29, 0.717) is 16.5 Å². The van der Waals surface area contributed by atoms with Crippen LogP contribution in [-0.4, -0.2) is 33.5 Å². The first-order valence-corrected chi connectivity index (χ1v) is 9.10. The largest absolute Gasteiger partial charge is 0.306 e. The molecule has 0 aliphatic carbocycles. The van der Waals surface area contributed by atoms with Crippen molar-refractivity contribution in [1.82, 2.24) is 4.90 Å². The Hall–Kier alpha value is -0.290. The normalized spacial score (nSPS) is 18.7. The zero-order valence-corrected chi connectivity index (χ0v) is 13.1. The molecule has 0 unspecified atom stereocenters. The number of benzene rings is 1. The standard InChI is InChI=1S/C13H17Cl2NO2S/c1-16-6-4-11(5-7-16)12-3-2-10(8-13(12)14)9-19(15,17)18/h2-3,8,11H,4-7,9H2,1H3. The van der Waals surface area contributed by atoms with Gasteiger partial charge in [-0.05, 0) is 56.1 Å². The van der Waals surface area contributed by atoms with Crippen LogP contribution in [0.25, 0.3) is 0 Å². The Morgan fingerprint density at radius 3 is 2.47 bits per heavy atom. The first-order chi connectivity index (χ1) is 8.85. The van der Waals surface area contributed by atoms with Gasteiger partial charge < -0.3 is 4.90 Å². The molecule has 0 spiro atoms. The Morgan fingerprint density at radius 1 is 1.32 bits per heavy atom. The molecule has 1 aliphatic rings. The Morgan fingerprint density at radius 2 is 1.95 bits per heavy atom. The third kappa shape index (κ3) is 4.35. The molecule has 1 aromatic rings. The fraction of sp³-hybridized carbons (Fsp3) is 0.538. The molecular formula is C13H17Cl2NO2S. The van der Waals surface area contributed by atoms with Crippen molar-refractivity contribution < 1.29 is 8.42 Å². The van der Waals surface area contributed by atoms with Gasteiger partial charge >= 0.3 is 0 Å². The van der Waals surface area contributed by atoms with Crippen molar-refractivity contribution in [2.45, 2.75) is 24.5 Å². The zero-order valence-electron chi connectivity index (χ0n) is 10.8. The van der Waals surface area contributed by atoms with Gasteiger partial charge in [0.1, 0.15) is 0 Å². The van der Waals surface area contributed by atoms with E-state index in [1.165, 1.54) is 0 Å². The van der Waals surface area contributed by atoms with E-state index in [4.69, 9.17) is 22.3 Å². The third-order valence-electron chi connectivity index (χ3n) is 3.56. The molecule has 19 heavy (non-hydrogen) atoms. The Balaban J connectivity index is 2.15. The van der Waals surface area contributed by atoms with E-state index in [-0.39, 0.29) is 5.75 Å². The van der Waals surface area contributed by atoms with E-state index in [0.717, 1.165) is 31.5 Å². The van der Waals surface area contributed by atoms with Gasteiger partial charge in [-0.2, -0.15) is 0 Å². The predicted octanol–water partition coefficient (Wildman–Crippen LogP) is 3.22. The topological polar surface area (TPSA) is 37.4 Å². The smallest absolute Gasteiger partial charge is 0.236 e. The molecule has 0 amide bonds. The quantitative estimate of drug-likeness (QED) is 0.802. The summed E-state index contributed by atoms with van der Waals surface area (Å²) in [6, 6.07) is 5.46. The Kier molecular flexibility index (Phi) is 4.77. The van der Waals surface area contributed by atoms with Crippen LogP contribution in [0.15, 0.2) is 18.2 Å². The number of rotatable bonds is 3. The molecule has 1 aliphatic heterocycles. The number of hydrogen-bond acceptors (Lipinski definition) is 3. The highest BCUT2D eigenvalue weighted by Gasteiger charge is 2.20. The highest BCUT2D eigenvalue weighted by Crippen LogP contribution is 2.33. The maximum atomic E-state index is 11.1. The molecule has 6 heteroatoms. The highest BCUT2D eigenvalue weighted by molar-refractivity contribution is 8.13. The van der Waals surface area contributed by atoms with Gasteiger partial charge in [0.25, 0.3) is 0 Å². The maximum absolute atomic E-state index is 11.1. The summed E-state index contributed by atoms with van der Waals surface area (Å²) in [7, 11) is 3.83. The molecule has 1 heterocycles. The maximum Gasteiger partial charge on any atom is 0.236 e. The lowest BCUT2D eigenvalue weighted by molar-refractivity contribution is 0.255. The zero-order chi connectivity index (χ0) is 14.0. The first kappa shape index (κ1) is 15.1. The molecule has 0 atom stereocenters. The van der Waals surface area contributed by atoms with E-state index in [1.54, 1.807) is 12.1 Å². The van der Waals surface area contributed by atoms with Gasteiger partial charge in [0.2, 0.25) is 9.05 Å². The molecule has 106 valence electrons. The summed E-state index contributed by atoms with van der Waals surface area (Å²) < 4.78 is 22.1. The van der Waals surface area contributed by atoms with Crippen LogP contribution in [0.5, 0.6) is 0 Å². The van der Waals surface area contributed by atoms with Crippen LogP contribution in [-0.2, 0) is 14.8 Å². The molecule has 3 nitrogen and oxygen atoms in total. The summed E-state index contributed by atoms with van der Waals surface area (Å²) >= 11 is 6.28. The van der Waals surface area contributed by atoms with Gasteiger partial charge in [-0.1, -0.05) is 23.7 Å².